The van der Waals surface area contributed by atoms with Crippen molar-refractivity contribution in [3.05, 3.63) is 41.5 Å². The lowest BCUT2D eigenvalue weighted by Gasteiger charge is -2.25. The number of fused-ring (bicyclic) bond motifs is 1. The summed E-state index contributed by atoms with van der Waals surface area (Å²) in [7, 11) is 0. The van der Waals surface area contributed by atoms with Crippen molar-refractivity contribution in [2.45, 2.75) is 45.3 Å². The summed E-state index contributed by atoms with van der Waals surface area (Å²) in [5, 5.41) is 8.58. The number of aromatic nitrogens is 2. The van der Waals surface area contributed by atoms with Crippen molar-refractivity contribution in [1.82, 2.24) is 15.1 Å². The van der Waals surface area contributed by atoms with E-state index in [1.54, 1.807) is 0 Å². The molecule has 0 bridgehead atoms. The third kappa shape index (κ3) is 2.39. The standard InChI is InChI=1S/C17H22N4O/c1-12-3-6-17(19-18-12)21-10-8-15-16(21)7-9-20(15)11-14-5-4-13(2)22-14/h3-6,15-16H,7-11H2,1-2H3/t15-,16+/m1/s1. The Hall–Kier alpha value is -1.88. The van der Waals surface area contributed by atoms with Crippen LogP contribution >= 0.6 is 0 Å². The average Bonchev–Trinajstić information content (AvgIpc) is 3.19. The number of aryl methyl sites for hydroxylation is 2. The highest BCUT2D eigenvalue weighted by Crippen LogP contribution is 2.35. The molecule has 116 valence electrons. The zero-order chi connectivity index (χ0) is 15.1. The third-order valence-electron chi connectivity index (χ3n) is 4.92. The van der Waals surface area contributed by atoms with Crippen molar-refractivity contribution >= 4 is 5.82 Å². The SMILES string of the molecule is Cc1ccc(N2CC[C@@H]3[C@@H]2CCN3Cc2ccc(C)o2)nn1. The summed E-state index contributed by atoms with van der Waals surface area (Å²) in [6, 6.07) is 9.46. The molecule has 0 unspecified atom stereocenters. The van der Waals surface area contributed by atoms with E-state index < -0.39 is 0 Å². The minimum absolute atomic E-state index is 0.563. The Morgan fingerprint density at radius 2 is 1.91 bits per heavy atom. The Labute approximate surface area is 130 Å². The van der Waals surface area contributed by atoms with E-state index in [2.05, 4.69) is 32.1 Å². The van der Waals surface area contributed by atoms with Gasteiger partial charge in [0.25, 0.3) is 0 Å². The molecular formula is C17H22N4O. The van der Waals surface area contributed by atoms with Crippen molar-refractivity contribution < 1.29 is 4.42 Å². The molecule has 22 heavy (non-hydrogen) atoms. The van der Waals surface area contributed by atoms with Gasteiger partial charge in [0, 0.05) is 25.2 Å². The number of hydrogen-bond acceptors (Lipinski definition) is 5. The second kappa shape index (κ2) is 5.39. The van der Waals surface area contributed by atoms with Crippen LogP contribution < -0.4 is 4.90 Å². The predicted molar refractivity (Wildman–Crippen MR) is 84.8 cm³/mol. The Bertz CT molecular complexity index is 651. The van der Waals surface area contributed by atoms with E-state index in [9.17, 15) is 0 Å². The van der Waals surface area contributed by atoms with Crippen LogP contribution in [0.2, 0.25) is 0 Å². The number of hydrogen-bond donors (Lipinski definition) is 0. The monoisotopic (exact) mass is 298 g/mol. The van der Waals surface area contributed by atoms with Gasteiger partial charge in [-0.2, -0.15) is 5.10 Å². The van der Waals surface area contributed by atoms with Crippen molar-refractivity contribution in [3.63, 3.8) is 0 Å². The first-order valence-electron chi connectivity index (χ1n) is 8.07. The summed E-state index contributed by atoms with van der Waals surface area (Å²) in [5.41, 5.74) is 0.973. The van der Waals surface area contributed by atoms with Gasteiger partial charge in [-0.1, -0.05) is 0 Å². The molecule has 2 aliphatic rings. The maximum Gasteiger partial charge on any atom is 0.151 e. The molecule has 0 spiro atoms. The van der Waals surface area contributed by atoms with Crippen LogP contribution in [0.15, 0.2) is 28.7 Å². The molecule has 0 aromatic carbocycles. The summed E-state index contributed by atoms with van der Waals surface area (Å²) in [4.78, 5) is 5.00. The molecule has 2 aliphatic heterocycles. The maximum atomic E-state index is 5.74. The minimum Gasteiger partial charge on any atom is -0.465 e. The second-order valence-electron chi connectivity index (χ2n) is 6.42. The molecule has 2 aromatic rings. The van der Waals surface area contributed by atoms with Crippen LogP contribution in [-0.4, -0.2) is 40.3 Å². The number of likely N-dealkylation sites (tertiary alicyclic amines) is 1. The van der Waals surface area contributed by atoms with E-state index in [1.165, 1.54) is 12.8 Å². The van der Waals surface area contributed by atoms with Crippen LogP contribution in [0.25, 0.3) is 0 Å². The Morgan fingerprint density at radius 1 is 1.05 bits per heavy atom. The topological polar surface area (TPSA) is 45.4 Å². The van der Waals surface area contributed by atoms with Gasteiger partial charge in [0.1, 0.15) is 11.5 Å². The largest absolute Gasteiger partial charge is 0.465 e. The van der Waals surface area contributed by atoms with Crippen molar-refractivity contribution in [1.29, 1.82) is 0 Å². The van der Waals surface area contributed by atoms with Gasteiger partial charge in [0.15, 0.2) is 5.82 Å². The van der Waals surface area contributed by atoms with Crippen molar-refractivity contribution in [2.75, 3.05) is 18.0 Å². The van der Waals surface area contributed by atoms with E-state index in [0.29, 0.717) is 12.1 Å². The quantitative estimate of drug-likeness (QED) is 0.871. The lowest BCUT2D eigenvalue weighted by atomic mass is 10.1. The lowest BCUT2D eigenvalue weighted by Crippen LogP contribution is -2.36. The highest BCUT2D eigenvalue weighted by atomic mass is 16.3. The van der Waals surface area contributed by atoms with Crippen LogP contribution in [0, 0.1) is 13.8 Å². The van der Waals surface area contributed by atoms with E-state index in [-0.39, 0.29) is 0 Å². The zero-order valence-corrected chi connectivity index (χ0v) is 13.2. The summed E-state index contributed by atoms with van der Waals surface area (Å²) >= 11 is 0. The number of anilines is 1. The Balaban J connectivity index is 1.48. The number of furan rings is 1. The second-order valence-corrected chi connectivity index (χ2v) is 6.42. The summed E-state index contributed by atoms with van der Waals surface area (Å²) in [6.07, 6.45) is 2.39. The molecule has 0 radical (unpaired) electrons. The van der Waals surface area contributed by atoms with Gasteiger partial charge >= 0.3 is 0 Å². The van der Waals surface area contributed by atoms with Gasteiger partial charge in [-0.05, 0) is 51.0 Å². The molecule has 2 atom stereocenters. The summed E-state index contributed by atoms with van der Waals surface area (Å²) < 4.78 is 5.74. The van der Waals surface area contributed by atoms with Crippen molar-refractivity contribution in [3.8, 4) is 0 Å². The summed E-state index contributed by atoms with van der Waals surface area (Å²) in [5.74, 6) is 3.09. The van der Waals surface area contributed by atoms with Gasteiger partial charge in [0.2, 0.25) is 0 Å². The molecule has 5 nitrogen and oxygen atoms in total. The first-order valence-corrected chi connectivity index (χ1v) is 8.07. The van der Waals surface area contributed by atoms with Crippen molar-refractivity contribution in [2.24, 2.45) is 0 Å². The third-order valence-corrected chi connectivity index (χ3v) is 4.92. The fourth-order valence-electron chi connectivity index (χ4n) is 3.87. The smallest absolute Gasteiger partial charge is 0.151 e. The fourth-order valence-corrected chi connectivity index (χ4v) is 3.87. The normalized spacial score (nSPS) is 24.9. The zero-order valence-electron chi connectivity index (χ0n) is 13.2. The first kappa shape index (κ1) is 13.8. The summed E-state index contributed by atoms with van der Waals surface area (Å²) in [6.45, 7) is 7.10. The van der Waals surface area contributed by atoms with E-state index in [0.717, 1.165) is 42.7 Å². The molecule has 5 heteroatoms. The molecule has 4 heterocycles. The molecule has 0 amide bonds. The first-order chi connectivity index (χ1) is 10.7. The fraction of sp³-hybridized carbons (Fsp3) is 0.529. The molecule has 0 N–H and O–H groups in total. The van der Waals surface area contributed by atoms with Gasteiger partial charge < -0.3 is 9.32 Å². The van der Waals surface area contributed by atoms with Gasteiger partial charge in [-0.3, -0.25) is 4.90 Å². The van der Waals surface area contributed by atoms with E-state index in [4.69, 9.17) is 4.42 Å². The van der Waals surface area contributed by atoms with Gasteiger partial charge in [-0.15, -0.1) is 5.10 Å². The van der Waals surface area contributed by atoms with Crippen LogP contribution in [0.1, 0.15) is 30.1 Å². The van der Waals surface area contributed by atoms with Crippen LogP contribution in [0.5, 0.6) is 0 Å². The Kier molecular flexibility index (Phi) is 3.37. The highest BCUT2D eigenvalue weighted by Gasteiger charge is 2.43. The highest BCUT2D eigenvalue weighted by molar-refractivity contribution is 5.42. The molecule has 4 rings (SSSR count). The van der Waals surface area contributed by atoms with Crippen LogP contribution in [0.4, 0.5) is 5.82 Å². The van der Waals surface area contributed by atoms with Crippen LogP contribution in [0.3, 0.4) is 0 Å². The average molecular weight is 298 g/mol. The molecular weight excluding hydrogens is 276 g/mol. The lowest BCUT2D eigenvalue weighted by molar-refractivity contribution is 0.225. The molecule has 2 saturated heterocycles. The van der Waals surface area contributed by atoms with Crippen LogP contribution in [-0.2, 0) is 6.54 Å². The van der Waals surface area contributed by atoms with Gasteiger partial charge in [0.05, 0.1) is 12.2 Å². The maximum absolute atomic E-state index is 5.74. The molecule has 0 saturated carbocycles. The van der Waals surface area contributed by atoms with E-state index in [1.807, 2.05) is 26.0 Å². The number of nitrogens with zero attached hydrogens (tertiary/aromatic N) is 4. The Morgan fingerprint density at radius 3 is 2.64 bits per heavy atom. The molecule has 2 fully saturated rings. The van der Waals surface area contributed by atoms with Gasteiger partial charge in [-0.25, -0.2) is 0 Å². The van der Waals surface area contributed by atoms with E-state index >= 15 is 0 Å². The molecule has 2 aromatic heterocycles. The minimum atomic E-state index is 0.563. The predicted octanol–water partition coefficient (Wildman–Crippen LogP) is 2.54. The molecule has 0 aliphatic carbocycles. The number of rotatable bonds is 3.